The number of carbonyl (C=O) groups is 2. The molecule has 1 amide bonds. The Morgan fingerprint density at radius 2 is 2.23 bits per heavy atom. The van der Waals surface area contributed by atoms with Crippen LogP contribution in [0, 0.1) is 0 Å². The van der Waals surface area contributed by atoms with Crippen molar-refractivity contribution in [1.29, 1.82) is 0 Å². The van der Waals surface area contributed by atoms with Crippen LogP contribution in [-0.4, -0.2) is 37.1 Å². The summed E-state index contributed by atoms with van der Waals surface area (Å²) in [7, 11) is 1.85. The minimum atomic E-state index is -0.975. The summed E-state index contributed by atoms with van der Waals surface area (Å²) < 4.78 is 0. The van der Waals surface area contributed by atoms with E-state index >= 15 is 0 Å². The monoisotopic (exact) mass is 188 g/mol. The highest BCUT2D eigenvalue weighted by atomic mass is 16.4. The molecule has 0 heterocycles. The molecule has 5 nitrogen and oxygen atoms in total. The molecule has 0 unspecified atom stereocenters. The van der Waals surface area contributed by atoms with E-state index < -0.39 is 12.0 Å². The van der Waals surface area contributed by atoms with Crippen molar-refractivity contribution in [2.24, 2.45) is 0 Å². The summed E-state index contributed by atoms with van der Waals surface area (Å²) >= 11 is 0. The summed E-state index contributed by atoms with van der Waals surface area (Å²) in [6, 6.07) is -0.741. The van der Waals surface area contributed by atoms with Crippen LogP contribution < -0.4 is 10.6 Å². The molecular weight excluding hydrogens is 172 g/mol. The molecule has 1 atom stereocenters. The molecule has 0 bridgehead atoms. The van der Waals surface area contributed by atoms with Crippen molar-refractivity contribution in [3.63, 3.8) is 0 Å². The number of hydrogen-bond acceptors (Lipinski definition) is 3. The van der Waals surface area contributed by atoms with E-state index in [9.17, 15) is 9.59 Å². The van der Waals surface area contributed by atoms with Gasteiger partial charge in [0.2, 0.25) is 6.41 Å². The average molecular weight is 188 g/mol. The van der Waals surface area contributed by atoms with Crippen molar-refractivity contribution in [3.05, 3.63) is 0 Å². The van der Waals surface area contributed by atoms with Gasteiger partial charge < -0.3 is 15.7 Å². The summed E-state index contributed by atoms with van der Waals surface area (Å²) in [4.78, 5) is 20.5. The second kappa shape index (κ2) is 7.54. The van der Waals surface area contributed by atoms with Gasteiger partial charge in [-0.05, 0) is 32.9 Å². The molecular formula is C8H16N2O3. The zero-order valence-corrected chi connectivity index (χ0v) is 7.75. The number of unbranched alkanes of at least 4 members (excludes halogenated alkanes) is 1. The smallest absolute Gasteiger partial charge is 0.326 e. The third-order valence-electron chi connectivity index (χ3n) is 1.74. The summed E-state index contributed by atoms with van der Waals surface area (Å²) in [6.45, 7) is 0.868. The number of amides is 1. The van der Waals surface area contributed by atoms with Gasteiger partial charge in [0, 0.05) is 0 Å². The topological polar surface area (TPSA) is 78.4 Å². The molecule has 76 valence electrons. The molecule has 0 saturated carbocycles. The van der Waals surface area contributed by atoms with Crippen LogP contribution in [0.1, 0.15) is 19.3 Å². The van der Waals surface area contributed by atoms with E-state index in [1.54, 1.807) is 0 Å². The molecule has 0 radical (unpaired) electrons. The lowest BCUT2D eigenvalue weighted by molar-refractivity contribution is -0.140. The molecule has 0 rings (SSSR count). The van der Waals surface area contributed by atoms with E-state index in [0.29, 0.717) is 12.8 Å². The maximum atomic E-state index is 10.5. The van der Waals surface area contributed by atoms with Gasteiger partial charge in [0.05, 0.1) is 0 Å². The van der Waals surface area contributed by atoms with Crippen LogP contribution in [0.15, 0.2) is 0 Å². The molecule has 0 aliphatic heterocycles. The van der Waals surface area contributed by atoms with E-state index in [2.05, 4.69) is 10.6 Å². The van der Waals surface area contributed by atoms with E-state index in [0.717, 1.165) is 19.4 Å². The fourth-order valence-electron chi connectivity index (χ4n) is 1.01. The van der Waals surface area contributed by atoms with E-state index in [4.69, 9.17) is 5.11 Å². The van der Waals surface area contributed by atoms with E-state index in [1.807, 2.05) is 7.05 Å². The van der Waals surface area contributed by atoms with Crippen molar-refractivity contribution in [1.82, 2.24) is 10.6 Å². The standard InChI is InChI=1S/C8H16N2O3/c1-9-5-3-2-4-7(8(12)13)10-6-11/h6-7,9H,2-5H2,1H3,(H,10,11)(H,12,13)/t7-/m0/s1. The first-order chi connectivity index (χ1) is 6.22. The van der Waals surface area contributed by atoms with Crippen molar-refractivity contribution < 1.29 is 14.7 Å². The zero-order chi connectivity index (χ0) is 10.1. The van der Waals surface area contributed by atoms with E-state index in [1.165, 1.54) is 0 Å². The molecule has 3 N–H and O–H groups in total. The van der Waals surface area contributed by atoms with Gasteiger partial charge in [-0.3, -0.25) is 4.79 Å². The first-order valence-corrected chi connectivity index (χ1v) is 4.29. The molecule has 0 saturated heterocycles. The molecule has 0 aromatic rings. The first kappa shape index (κ1) is 11.9. The fourth-order valence-corrected chi connectivity index (χ4v) is 1.01. The Kier molecular flexibility index (Phi) is 6.91. The highest BCUT2D eigenvalue weighted by molar-refractivity contribution is 5.76. The van der Waals surface area contributed by atoms with Gasteiger partial charge in [0.25, 0.3) is 0 Å². The minimum absolute atomic E-state index is 0.427. The summed E-state index contributed by atoms with van der Waals surface area (Å²) in [6.07, 6.45) is 2.62. The quantitative estimate of drug-likeness (QED) is 0.357. The van der Waals surface area contributed by atoms with Gasteiger partial charge in [-0.2, -0.15) is 0 Å². The van der Waals surface area contributed by atoms with Crippen molar-refractivity contribution in [2.75, 3.05) is 13.6 Å². The number of carbonyl (C=O) groups excluding carboxylic acids is 1. The number of aliphatic carboxylic acids is 1. The number of rotatable bonds is 8. The highest BCUT2D eigenvalue weighted by Crippen LogP contribution is 1.99. The third kappa shape index (κ3) is 6.10. The maximum Gasteiger partial charge on any atom is 0.326 e. The largest absolute Gasteiger partial charge is 0.480 e. The lowest BCUT2D eigenvalue weighted by Crippen LogP contribution is -2.35. The van der Waals surface area contributed by atoms with Gasteiger partial charge in [-0.1, -0.05) is 0 Å². The van der Waals surface area contributed by atoms with Gasteiger partial charge in [0.15, 0.2) is 0 Å². The predicted molar refractivity (Wildman–Crippen MR) is 48.4 cm³/mol. The number of carboxylic acid groups (broad SMARTS) is 1. The SMILES string of the molecule is CNCCCC[C@H](NC=O)C(=O)O. The van der Waals surface area contributed by atoms with Crippen LogP contribution >= 0.6 is 0 Å². The highest BCUT2D eigenvalue weighted by Gasteiger charge is 2.14. The van der Waals surface area contributed by atoms with Gasteiger partial charge in [-0.25, -0.2) is 4.79 Å². The van der Waals surface area contributed by atoms with Crippen LogP contribution in [-0.2, 0) is 9.59 Å². The third-order valence-corrected chi connectivity index (χ3v) is 1.74. The molecule has 0 fully saturated rings. The minimum Gasteiger partial charge on any atom is -0.480 e. The molecule has 0 aliphatic rings. The first-order valence-electron chi connectivity index (χ1n) is 4.29. The average Bonchev–Trinajstić information content (AvgIpc) is 2.10. The molecule has 0 aromatic heterocycles. The molecule has 0 spiro atoms. The van der Waals surface area contributed by atoms with Crippen molar-refractivity contribution in [3.8, 4) is 0 Å². The molecule has 0 aliphatic carbocycles. The number of hydrogen-bond donors (Lipinski definition) is 3. The van der Waals surface area contributed by atoms with Crippen LogP contribution in [0.2, 0.25) is 0 Å². The van der Waals surface area contributed by atoms with Gasteiger partial charge >= 0.3 is 5.97 Å². The maximum absolute atomic E-state index is 10.5. The van der Waals surface area contributed by atoms with Crippen LogP contribution in [0.5, 0.6) is 0 Å². The second-order valence-corrected chi connectivity index (χ2v) is 2.77. The number of nitrogens with one attached hydrogen (secondary N) is 2. The molecule has 13 heavy (non-hydrogen) atoms. The van der Waals surface area contributed by atoms with Crippen LogP contribution in [0.25, 0.3) is 0 Å². The molecule has 0 aromatic carbocycles. The Bertz CT molecular complexity index is 161. The predicted octanol–water partition coefficient (Wildman–Crippen LogP) is -0.425. The lowest BCUT2D eigenvalue weighted by atomic mass is 10.1. The number of carboxylic acids is 1. The normalized spacial score (nSPS) is 12.1. The van der Waals surface area contributed by atoms with Crippen LogP contribution in [0.3, 0.4) is 0 Å². The van der Waals surface area contributed by atoms with E-state index in [-0.39, 0.29) is 0 Å². The Hall–Kier alpha value is -1.10. The Morgan fingerprint density at radius 1 is 1.54 bits per heavy atom. The Morgan fingerprint density at radius 3 is 2.69 bits per heavy atom. The van der Waals surface area contributed by atoms with Crippen molar-refractivity contribution in [2.45, 2.75) is 25.3 Å². The molecule has 5 heteroatoms. The zero-order valence-electron chi connectivity index (χ0n) is 7.75. The Labute approximate surface area is 77.5 Å². The van der Waals surface area contributed by atoms with Gasteiger partial charge in [0.1, 0.15) is 6.04 Å². The second-order valence-electron chi connectivity index (χ2n) is 2.77. The summed E-state index contributed by atoms with van der Waals surface area (Å²) in [5.41, 5.74) is 0. The van der Waals surface area contributed by atoms with Crippen LogP contribution in [0.4, 0.5) is 0 Å². The Balaban J connectivity index is 3.56. The summed E-state index contributed by atoms with van der Waals surface area (Å²) in [5.74, 6) is -0.975. The van der Waals surface area contributed by atoms with Gasteiger partial charge in [-0.15, -0.1) is 0 Å². The van der Waals surface area contributed by atoms with Crippen molar-refractivity contribution >= 4 is 12.4 Å². The lowest BCUT2D eigenvalue weighted by Gasteiger charge is -2.10. The fraction of sp³-hybridized carbons (Fsp3) is 0.750. The summed E-state index contributed by atoms with van der Waals surface area (Å²) in [5, 5.41) is 13.8.